The second-order valence-electron chi connectivity index (χ2n) is 22.8. The SMILES string of the molecule is C=C1C=NN=CN1C.C=C1CCCN1C.C=C1CN(C)CN1C.C=C1CN=NN1C.C=C1COCN1C.C=C1CS(=C)(=O)CN1C.C=C1CS(=C)CN1C.C=C1CSCN1C.C=C1N=CC=NN1C.C=C1N=CN=CN1C.C=C1OCN(C)CN1C.C=C1OCOCN1C.CC.CC.CC.CC.CC.CC.CC.CC.CC.CC.CC.CC. The lowest BCUT2D eigenvalue weighted by atomic mass is 10.3. The number of thioether (sulfide) groups is 1. The second kappa shape index (κ2) is 94.6. The van der Waals surface area contributed by atoms with Crippen molar-refractivity contribution < 1.29 is 23.2 Å². The summed E-state index contributed by atoms with van der Waals surface area (Å²) in [5, 5.41) is 21.8. The van der Waals surface area contributed by atoms with E-state index in [1.165, 1.54) is 48.5 Å². The molecule has 12 rings (SSSR count). The van der Waals surface area contributed by atoms with E-state index in [0.717, 1.165) is 77.6 Å². The summed E-state index contributed by atoms with van der Waals surface area (Å²) in [6.07, 6.45) is 12.1. The van der Waals surface area contributed by atoms with E-state index in [0.29, 0.717) is 74.0 Å². The van der Waals surface area contributed by atoms with Gasteiger partial charge in [-0.15, -0.1) is 16.9 Å². The molecule has 0 amide bonds. The smallest absolute Gasteiger partial charge is 0.192 e. The molecule has 27 nitrogen and oxygen atoms in total. The van der Waals surface area contributed by atoms with Gasteiger partial charge in [-0.1, -0.05) is 243 Å². The number of hydrogen-bond donors (Lipinski definition) is 0. The van der Waals surface area contributed by atoms with Crippen LogP contribution in [0.1, 0.15) is 179 Å². The van der Waals surface area contributed by atoms with Gasteiger partial charge in [-0.25, -0.2) is 15.0 Å². The van der Waals surface area contributed by atoms with Crippen molar-refractivity contribution >= 4 is 81.2 Å². The fraction of sp³-hybridized carbons (Fsp3) is 0.636. The molecule has 0 N–H and O–H groups in total. The molecule has 0 spiro atoms. The number of likely N-dealkylation sites (tertiary alicyclic amines) is 1. The zero-order valence-electron chi connectivity index (χ0n) is 83.2. The van der Waals surface area contributed by atoms with Crippen molar-refractivity contribution in [2.75, 3.05) is 200 Å². The van der Waals surface area contributed by atoms with E-state index in [9.17, 15) is 4.21 Å². The van der Waals surface area contributed by atoms with Gasteiger partial charge in [0, 0.05) is 150 Å². The third-order valence-electron chi connectivity index (χ3n) is 13.9. The molecule has 12 aliphatic heterocycles. The molecule has 0 aliphatic carbocycles. The molecule has 0 aromatic heterocycles. The molecule has 12 heterocycles. The summed E-state index contributed by atoms with van der Waals surface area (Å²) < 4.78 is 31.1. The van der Waals surface area contributed by atoms with Crippen molar-refractivity contribution in [3.05, 3.63) is 148 Å². The predicted molar refractivity (Wildman–Crippen MR) is 539 cm³/mol. The van der Waals surface area contributed by atoms with Gasteiger partial charge in [-0.2, -0.15) is 25.8 Å². The fourth-order valence-corrected chi connectivity index (χ4v) is 11.6. The van der Waals surface area contributed by atoms with E-state index in [-0.39, 0.29) is 0 Å². The van der Waals surface area contributed by atoms with Crippen molar-refractivity contribution in [1.82, 2.24) is 68.8 Å². The summed E-state index contributed by atoms with van der Waals surface area (Å²) in [4.78, 5) is 35.6. The Balaban J connectivity index is -0.000000101. The molecular formula is C88H184N22O5S3. The van der Waals surface area contributed by atoms with E-state index < -0.39 is 9.52 Å². The Bertz CT molecular complexity index is 2800. The number of allylic oxidation sites excluding steroid dienone is 2. The average molecular weight is 1730 g/mol. The van der Waals surface area contributed by atoms with E-state index in [2.05, 4.69) is 196 Å². The van der Waals surface area contributed by atoms with E-state index in [1.54, 1.807) is 63.1 Å². The number of hydrazone groups is 1. The average Bonchev–Trinajstić information content (AvgIpc) is 1.71. The molecule has 0 radical (unpaired) electrons. The van der Waals surface area contributed by atoms with Gasteiger partial charge in [0.15, 0.2) is 18.6 Å². The van der Waals surface area contributed by atoms with Gasteiger partial charge in [-0.3, -0.25) is 24.0 Å². The molecule has 30 heteroatoms. The molecule has 12 aliphatic rings. The van der Waals surface area contributed by atoms with Gasteiger partial charge in [0.05, 0.1) is 73.5 Å². The van der Waals surface area contributed by atoms with Gasteiger partial charge in [0.2, 0.25) is 0 Å². The maximum absolute atomic E-state index is 11.2. The van der Waals surface area contributed by atoms with Crippen LogP contribution in [0.2, 0.25) is 0 Å². The van der Waals surface area contributed by atoms with E-state index in [4.69, 9.17) is 18.9 Å². The monoisotopic (exact) mass is 1730 g/mol. The van der Waals surface area contributed by atoms with Crippen molar-refractivity contribution in [2.24, 2.45) is 40.6 Å². The first-order valence-corrected chi connectivity index (χ1v) is 46.5. The highest BCUT2D eigenvalue weighted by Crippen LogP contribution is 2.25. The normalized spacial score (nSPS) is 18.4. The molecule has 2 unspecified atom stereocenters. The zero-order valence-corrected chi connectivity index (χ0v) is 85.6. The quantitative estimate of drug-likeness (QED) is 0.207. The molecule has 2 atom stereocenters. The summed E-state index contributed by atoms with van der Waals surface area (Å²) in [7, 11) is 25.9. The van der Waals surface area contributed by atoms with Gasteiger partial charge in [-0.05, 0) is 55.5 Å². The maximum atomic E-state index is 11.2. The Hall–Kier alpha value is -7.87. The van der Waals surface area contributed by atoms with E-state index >= 15 is 0 Å². The molecule has 0 saturated carbocycles. The van der Waals surface area contributed by atoms with Crippen LogP contribution in [-0.2, 0) is 28.5 Å². The van der Waals surface area contributed by atoms with Gasteiger partial charge < -0.3 is 67.9 Å². The standard InChI is InChI=1S/C6H12N2O.C6H12N2.C6H11NOS.C6H11NS.C6H11N.3C5H7N3.C5H9NO2.C5H9NO.C5H9NS.C4H7N3.12C2H6/c1-6-8(3)4-7(2)5-9-6;1-6-4-7(2)5-8(6)3;1-6-4-9(3,8)5-7(6)2;1-6-4-8(3)5-7(6)2;1-6-4-3-5-7(6)2;1-5-7-3-6-4-8(5)2;1-5-3-6-7-4-8(5)2;1-5-6-3-4-7-8(5)2;1-5-6(2)3-7-4-8-5;2*1-5-3-7-4-6(5)2;1-4-3-5-6-7(4)2;12*1-2/h1,4-5H2,2-3H3;1,4-5H2,2-3H3;1,3-5H2,2H3;1,3-5H2,2H3;1,3-5H2,2H3;3*3-4H,1H2,2H3;1,3-4H2,2H3;2*1,3-4H2,2H3;1,3H2,2H3;12*1-2H3. The minimum absolute atomic E-state index is 0.336. The van der Waals surface area contributed by atoms with Crippen LogP contribution >= 0.6 is 22.2 Å². The Morgan fingerprint density at radius 1 is 0.475 bits per heavy atom. The van der Waals surface area contributed by atoms with Crippen molar-refractivity contribution in [3.63, 3.8) is 0 Å². The first-order valence-electron chi connectivity index (χ1n) is 41.6. The number of aliphatic imine (C=N–C) groups is 3. The van der Waals surface area contributed by atoms with E-state index in [1.807, 2.05) is 249 Å². The predicted octanol–water partition coefficient (Wildman–Crippen LogP) is 19.5. The number of ether oxygens (including phenoxy) is 4. The van der Waals surface area contributed by atoms with Crippen LogP contribution in [0.25, 0.3) is 0 Å². The summed E-state index contributed by atoms with van der Waals surface area (Å²) >= 11 is 1.92. The highest BCUT2D eigenvalue weighted by molar-refractivity contribution is 8.14. The minimum Gasteiger partial charge on any atom is -0.464 e. The lowest BCUT2D eigenvalue weighted by molar-refractivity contribution is -0.129. The van der Waals surface area contributed by atoms with Crippen LogP contribution in [0.3, 0.4) is 0 Å². The summed E-state index contributed by atoms with van der Waals surface area (Å²) in [5.41, 5.74) is 8.83. The first kappa shape index (κ1) is 136. The van der Waals surface area contributed by atoms with Crippen LogP contribution in [0.5, 0.6) is 0 Å². The molecule has 0 bridgehead atoms. The number of hydrogen-bond acceptors (Lipinski definition) is 28. The number of rotatable bonds is 0. The molecule has 118 heavy (non-hydrogen) atoms. The van der Waals surface area contributed by atoms with Crippen molar-refractivity contribution in [2.45, 2.75) is 179 Å². The topological polar surface area (TPSA) is 198 Å². The Morgan fingerprint density at radius 2 is 1.00 bits per heavy atom. The van der Waals surface area contributed by atoms with Crippen LogP contribution < -0.4 is 0 Å². The molecular weight excluding hydrogens is 1540 g/mol. The highest BCUT2D eigenvalue weighted by atomic mass is 32.2. The summed E-state index contributed by atoms with van der Waals surface area (Å²) in [6, 6.07) is 0. The van der Waals surface area contributed by atoms with Gasteiger partial charge >= 0.3 is 0 Å². The molecule has 0 aromatic carbocycles. The zero-order chi connectivity index (χ0) is 95.3. The summed E-state index contributed by atoms with van der Waals surface area (Å²) in [6.45, 7) is 101. The lowest BCUT2D eigenvalue weighted by Crippen LogP contribution is -2.39. The van der Waals surface area contributed by atoms with Crippen LogP contribution in [-0.4, -0.2) is 323 Å². The Kier molecular flexibility index (Phi) is 109. The summed E-state index contributed by atoms with van der Waals surface area (Å²) in [5.74, 6) is 16.0. The van der Waals surface area contributed by atoms with Gasteiger partial charge in [0.1, 0.15) is 51.1 Å². The third kappa shape index (κ3) is 76.8. The van der Waals surface area contributed by atoms with Crippen LogP contribution in [0.15, 0.2) is 189 Å². The van der Waals surface area contributed by atoms with Crippen molar-refractivity contribution in [3.8, 4) is 0 Å². The fourth-order valence-electron chi connectivity index (χ4n) is 7.25. The van der Waals surface area contributed by atoms with Crippen LogP contribution in [0, 0.1) is 0 Å². The number of nitrogens with zero attached hydrogens (tertiary/aromatic N) is 22. The second-order valence-corrected chi connectivity index (χ2v) is 28.0. The third-order valence-corrected chi connectivity index (χ3v) is 18.2. The van der Waals surface area contributed by atoms with Gasteiger partial charge in [0.25, 0.3) is 0 Å². The Labute approximate surface area is 736 Å². The largest absolute Gasteiger partial charge is 0.464 e. The lowest BCUT2D eigenvalue weighted by Gasteiger charge is -2.33. The first-order chi connectivity index (χ1) is 56.0. The minimum atomic E-state index is -1.82. The molecule has 0 aromatic rings. The highest BCUT2D eigenvalue weighted by Gasteiger charge is 2.20. The molecule has 8 saturated heterocycles. The van der Waals surface area contributed by atoms with Crippen molar-refractivity contribution in [1.29, 1.82) is 0 Å². The number of likely N-dealkylation sites (N-methyl/N-ethyl adjacent to an activating group) is 4. The molecule has 8 fully saturated rings. The van der Waals surface area contributed by atoms with Crippen LogP contribution in [0.4, 0.5) is 0 Å². The Morgan fingerprint density at radius 3 is 1.19 bits per heavy atom. The maximum Gasteiger partial charge on any atom is 0.192 e. The molecule has 694 valence electrons.